The molecule has 3 aromatic rings. The number of amides is 1. The topological polar surface area (TPSA) is 29.1 Å². The summed E-state index contributed by atoms with van der Waals surface area (Å²) in [4.78, 5) is 13.4. The number of carbonyl (C=O) groups is 1. The van der Waals surface area contributed by atoms with Crippen LogP contribution in [0.5, 0.6) is 0 Å². The number of carbonyl (C=O) groups excluding carboxylic acids is 1. The molecule has 0 aliphatic heterocycles. The molecule has 110 valence electrons. The number of nitrogens with one attached hydrogen (secondary N) is 1. The summed E-state index contributed by atoms with van der Waals surface area (Å²) in [5.41, 5.74) is 4.16. The molecule has 0 bridgehead atoms. The Kier molecular flexibility index (Phi) is 4.35. The molecule has 3 rings (SSSR count). The summed E-state index contributed by atoms with van der Waals surface area (Å²) in [7, 11) is 0. The molecule has 3 heteroatoms. The molecule has 1 aromatic heterocycles. The third-order valence-electron chi connectivity index (χ3n) is 3.53. The van der Waals surface area contributed by atoms with Gasteiger partial charge in [0.2, 0.25) is 0 Å². The highest BCUT2D eigenvalue weighted by molar-refractivity contribution is 7.13. The summed E-state index contributed by atoms with van der Waals surface area (Å²) in [6.45, 7) is 2.60. The summed E-state index contributed by atoms with van der Waals surface area (Å²) >= 11 is 1.70. The lowest BCUT2D eigenvalue weighted by atomic mass is 10.1. The minimum Gasteiger partial charge on any atom is -0.348 e. The highest BCUT2D eigenvalue weighted by atomic mass is 32.1. The maximum atomic E-state index is 12.2. The van der Waals surface area contributed by atoms with Crippen molar-refractivity contribution in [3.05, 3.63) is 82.7 Å². The van der Waals surface area contributed by atoms with Crippen molar-refractivity contribution in [1.82, 2.24) is 5.32 Å². The van der Waals surface area contributed by atoms with Crippen LogP contribution in [0.1, 0.15) is 21.5 Å². The van der Waals surface area contributed by atoms with Crippen LogP contribution in [0.3, 0.4) is 0 Å². The molecule has 0 spiro atoms. The molecule has 0 aliphatic carbocycles. The predicted molar refractivity (Wildman–Crippen MR) is 92.1 cm³/mol. The average molecular weight is 307 g/mol. The molecule has 22 heavy (non-hydrogen) atoms. The van der Waals surface area contributed by atoms with Crippen LogP contribution in [0.4, 0.5) is 0 Å². The van der Waals surface area contributed by atoms with Gasteiger partial charge in [-0.3, -0.25) is 4.79 Å². The Balaban J connectivity index is 1.63. The van der Waals surface area contributed by atoms with Crippen LogP contribution in [-0.4, -0.2) is 5.91 Å². The van der Waals surface area contributed by atoms with E-state index in [2.05, 4.69) is 35.8 Å². The number of rotatable bonds is 4. The lowest BCUT2D eigenvalue weighted by Crippen LogP contribution is -2.22. The highest BCUT2D eigenvalue weighted by Gasteiger charge is 2.06. The van der Waals surface area contributed by atoms with Gasteiger partial charge in [-0.25, -0.2) is 0 Å². The summed E-state index contributed by atoms with van der Waals surface area (Å²) in [6, 6.07) is 20.0. The van der Waals surface area contributed by atoms with E-state index in [1.807, 2.05) is 42.5 Å². The fourth-order valence-corrected chi connectivity index (χ4v) is 2.95. The van der Waals surface area contributed by atoms with Gasteiger partial charge >= 0.3 is 0 Å². The summed E-state index contributed by atoms with van der Waals surface area (Å²) in [5.74, 6) is -0.0432. The van der Waals surface area contributed by atoms with Crippen molar-refractivity contribution in [2.45, 2.75) is 13.5 Å². The molecule has 0 radical (unpaired) electrons. The summed E-state index contributed by atoms with van der Waals surface area (Å²) < 4.78 is 0. The van der Waals surface area contributed by atoms with E-state index >= 15 is 0 Å². The molecule has 0 fully saturated rings. The van der Waals surface area contributed by atoms with Gasteiger partial charge in [0.15, 0.2) is 0 Å². The van der Waals surface area contributed by atoms with E-state index in [9.17, 15) is 4.79 Å². The number of aryl methyl sites for hydroxylation is 1. The van der Waals surface area contributed by atoms with E-state index in [4.69, 9.17) is 0 Å². The highest BCUT2D eigenvalue weighted by Crippen LogP contribution is 2.24. The average Bonchev–Trinajstić information content (AvgIpc) is 3.09. The van der Waals surface area contributed by atoms with Crippen LogP contribution in [0.15, 0.2) is 66.0 Å². The van der Waals surface area contributed by atoms with Crippen molar-refractivity contribution >= 4 is 17.2 Å². The van der Waals surface area contributed by atoms with Gasteiger partial charge in [-0.15, -0.1) is 11.3 Å². The van der Waals surface area contributed by atoms with E-state index in [1.165, 1.54) is 10.4 Å². The number of benzene rings is 2. The van der Waals surface area contributed by atoms with Crippen LogP contribution in [0, 0.1) is 6.92 Å². The normalized spacial score (nSPS) is 10.4. The Bertz CT molecular complexity index is 743. The van der Waals surface area contributed by atoms with Gasteiger partial charge in [-0.1, -0.05) is 48.0 Å². The minimum atomic E-state index is -0.0432. The fourth-order valence-electron chi connectivity index (χ4n) is 2.22. The van der Waals surface area contributed by atoms with Crippen LogP contribution < -0.4 is 5.32 Å². The quantitative estimate of drug-likeness (QED) is 0.746. The molecule has 1 heterocycles. The van der Waals surface area contributed by atoms with Crippen molar-refractivity contribution < 1.29 is 4.79 Å². The molecule has 0 saturated heterocycles. The van der Waals surface area contributed by atoms with Gasteiger partial charge in [0.05, 0.1) is 0 Å². The Morgan fingerprint density at radius 1 is 1.00 bits per heavy atom. The Labute approximate surface area is 134 Å². The second-order valence-corrected chi connectivity index (χ2v) is 6.17. The molecule has 1 N–H and O–H groups in total. The van der Waals surface area contributed by atoms with Crippen LogP contribution in [0.25, 0.3) is 10.4 Å². The third-order valence-corrected chi connectivity index (χ3v) is 4.45. The molecule has 0 atom stereocenters. The molecule has 1 amide bonds. The Hall–Kier alpha value is -2.39. The zero-order valence-corrected chi connectivity index (χ0v) is 13.2. The SMILES string of the molecule is Cc1ccc(CNC(=O)c2ccc(-c3cccs3)cc2)cc1. The first-order valence-corrected chi connectivity index (χ1v) is 8.08. The second kappa shape index (κ2) is 6.58. The molecule has 2 aromatic carbocycles. The van der Waals surface area contributed by atoms with E-state index < -0.39 is 0 Å². The zero-order chi connectivity index (χ0) is 15.4. The lowest BCUT2D eigenvalue weighted by molar-refractivity contribution is 0.0951. The van der Waals surface area contributed by atoms with Crippen LogP contribution in [0.2, 0.25) is 0 Å². The van der Waals surface area contributed by atoms with Crippen molar-refractivity contribution in [2.24, 2.45) is 0 Å². The molecule has 2 nitrogen and oxygen atoms in total. The van der Waals surface area contributed by atoms with Gasteiger partial charge in [0.1, 0.15) is 0 Å². The first-order valence-electron chi connectivity index (χ1n) is 7.20. The van der Waals surface area contributed by atoms with E-state index in [-0.39, 0.29) is 5.91 Å². The first-order chi connectivity index (χ1) is 10.7. The molecular formula is C19H17NOS. The lowest BCUT2D eigenvalue weighted by Gasteiger charge is -2.06. The molecule has 0 aliphatic rings. The standard InChI is InChI=1S/C19H17NOS/c1-14-4-6-15(7-5-14)13-20-19(21)17-10-8-16(9-11-17)18-3-2-12-22-18/h2-12H,13H2,1H3,(H,20,21). The van der Waals surface area contributed by atoms with Crippen molar-refractivity contribution in [2.75, 3.05) is 0 Å². The molecular weight excluding hydrogens is 290 g/mol. The van der Waals surface area contributed by atoms with E-state index in [0.29, 0.717) is 12.1 Å². The van der Waals surface area contributed by atoms with Gasteiger partial charge in [-0.2, -0.15) is 0 Å². The summed E-state index contributed by atoms with van der Waals surface area (Å²) in [5, 5.41) is 5.01. The van der Waals surface area contributed by atoms with Crippen LogP contribution in [-0.2, 0) is 6.54 Å². The Morgan fingerprint density at radius 3 is 2.36 bits per heavy atom. The van der Waals surface area contributed by atoms with Crippen LogP contribution >= 0.6 is 11.3 Å². The maximum absolute atomic E-state index is 12.2. The molecule has 0 saturated carbocycles. The van der Waals surface area contributed by atoms with Gasteiger partial charge in [0.25, 0.3) is 5.91 Å². The van der Waals surface area contributed by atoms with Crippen molar-refractivity contribution in [3.8, 4) is 10.4 Å². The first kappa shape index (κ1) is 14.5. The minimum absolute atomic E-state index is 0.0432. The second-order valence-electron chi connectivity index (χ2n) is 5.22. The van der Waals surface area contributed by atoms with Crippen molar-refractivity contribution in [3.63, 3.8) is 0 Å². The van der Waals surface area contributed by atoms with Crippen molar-refractivity contribution in [1.29, 1.82) is 0 Å². The third kappa shape index (κ3) is 3.43. The van der Waals surface area contributed by atoms with Gasteiger partial charge in [-0.05, 0) is 41.6 Å². The fraction of sp³-hybridized carbons (Fsp3) is 0.105. The molecule has 0 unspecified atom stereocenters. The summed E-state index contributed by atoms with van der Waals surface area (Å²) in [6.07, 6.45) is 0. The maximum Gasteiger partial charge on any atom is 0.251 e. The Morgan fingerprint density at radius 2 is 1.73 bits per heavy atom. The zero-order valence-electron chi connectivity index (χ0n) is 12.4. The smallest absolute Gasteiger partial charge is 0.251 e. The largest absolute Gasteiger partial charge is 0.348 e. The predicted octanol–water partition coefficient (Wildman–Crippen LogP) is 4.65. The van der Waals surface area contributed by atoms with Gasteiger partial charge in [0, 0.05) is 17.0 Å². The van der Waals surface area contributed by atoms with E-state index in [1.54, 1.807) is 11.3 Å². The number of hydrogen-bond acceptors (Lipinski definition) is 2. The van der Waals surface area contributed by atoms with E-state index in [0.717, 1.165) is 11.1 Å². The van der Waals surface area contributed by atoms with Gasteiger partial charge < -0.3 is 5.32 Å². The monoisotopic (exact) mass is 307 g/mol. The number of thiophene rings is 1. The number of hydrogen-bond donors (Lipinski definition) is 1.